The van der Waals surface area contributed by atoms with Crippen LogP contribution in [0.4, 0.5) is 5.69 Å². The van der Waals surface area contributed by atoms with E-state index < -0.39 is 0 Å². The minimum absolute atomic E-state index is 0.715. The van der Waals surface area contributed by atoms with Crippen molar-refractivity contribution in [2.75, 3.05) is 7.05 Å². The molecule has 0 spiro atoms. The molecule has 0 amide bonds. The van der Waals surface area contributed by atoms with Crippen LogP contribution in [0.5, 0.6) is 0 Å². The van der Waals surface area contributed by atoms with Crippen molar-refractivity contribution in [2.24, 2.45) is 5.11 Å². The fourth-order valence-corrected chi connectivity index (χ4v) is 1.50. The third kappa shape index (κ3) is 2.76. The zero-order valence-electron chi connectivity index (χ0n) is 9.38. The van der Waals surface area contributed by atoms with E-state index in [1.807, 2.05) is 48.1 Å². The van der Waals surface area contributed by atoms with Gasteiger partial charge < -0.3 is 0 Å². The number of rotatable bonds is 3. The largest absolute Gasteiger partial charge is 0.231 e. The van der Waals surface area contributed by atoms with E-state index in [9.17, 15) is 0 Å². The first-order chi connectivity index (χ1) is 7.86. The smallest absolute Gasteiger partial charge is 0.0915 e. The van der Waals surface area contributed by atoms with Crippen LogP contribution in [-0.2, 0) is 6.54 Å². The predicted molar refractivity (Wildman–Crippen MR) is 64.9 cm³/mol. The predicted octanol–water partition coefficient (Wildman–Crippen LogP) is 3.61. The second-order valence-electron chi connectivity index (χ2n) is 3.64. The lowest BCUT2D eigenvalue weighted by atomic mass is 10.2. The average Bonchev–Trinajstić information content (AvgIpc) is 2.38. The Morgan fingerprint density at radius 1 is 0.875 bits per heavy atom. The molecule has 0 aliphatic carbocycles. The second kappa shape index (κ2) is 5.21. The van der Waals surface area contributed by atoms with Crippen molar-refractivity contribution in [3.05, 3.63) is 66.2 Å². The van der Waals surface area contributed by atoms with Gasteiger partial charge in [0, 0.05) is 12.1 Å². The van der Waals surface area contributed by atoms with Gasteiger partial charge >= 0.3 is 0 Å². The standard InChI is InChI=1S/C14H15N2/c1-16(14-10-6-3-7-11-14)15-12-13-8-4-2-5-9-13/h2-11H,12H2,1H3/q+1. The van der Waals surface area contributed by atoms with Crippen LogP contribution in [0.1, 0.15) is 5.56 Å². The van der Waals surface area contributed by atoms with Crippen molar-refractivity contribution in [1.29, 1.82) is 0 Å². The number of hydrogen-bond donors (Lipinski definition) is 0. The van der Waals surface area contributed by atoms with Gasteiger partial charge in [-0.3, -0.25) is 0 Å². The molecule has 2 rings (SSSR count). The maximum atomic E-state index is 4.50. The molecular formula is C14H15N2+. The van der Waals surface area contributed by atoms with Gasteiger partial charge in [0.1, 0.15) is 6.54 Å². The molecule has 0 saturated carbocycles. The summed E-state index contributed by atoms with van der Waals surface area (Å²) in [5, 5.41) is 4.50. The average molecular weight is 211 g/mol. The van der Waals surface area contributed by atoms with Gasteiger partial charge in [0.15, 0.2) is 7.05 Å². The molecule has 0 saturated heterocycles. The molecular weight excluding hydrogens is 196 g/mol. The van der Waals surface area contributed by atoms with Crippen molar-refractivity contribution in [1.82, 2.24) is 0 Å². The number of azo groups is 2. The Hall–Kier alpha value is -1.96. The fourth-order valence-electron chi connectivity index (χ4n) is 1.50. The Bertz CT molecular complexity index is 461. The van der Waals surface area contributed by atoms with E-state index in [0.29, 0.717) is 6.54 Å². The Morgan fingerprint density at radius 2 is 1.44 bits per heavy atom. The van der Waals surface area contributed by atoms with Gasteiger partial charge in [-0.15, -0.1) is 0 Å². The van der Waals surface area contributed by atoms with Crippen molar-refractivity contribution >= 4 is 5.69 Å². The summed E-state index contributed by atoms with van der Waals surface area (Å²) < 4.78 is 1.91. The lowest BCUT2D eigenvalue weighted by molar-refractivity contribution is -0.484. The van der Waals surface area contributed by atoms with E-state index in [0.717, 1.165) is 5.69 Å². The van der Waals surface area contributed by atoms with Crippen molar-refractivity contribution in [2.45, 2.75) is 6.54 Å². The molecule has 2 nitrogen and oxygen atoms in total. The molecule has 0 fully saturated rings. The Morgan fingerprint density at radius 3 is 2.06 bits per heavy atom. The fraction of sp³-hybridized carbons (Fsp3) is 0.143. The van der Waals surface area contributed by atoms with Crippen LogP contribution in [0.15, 0.2) is 65.8 Å². The minimum Gasteiger partial charge on any atom is -0.0915 e. The highest BCUT2D eigenvalue weighted by Gasteiger charge is 2.02. The van der Waals surface area contributed by atoms with Gasteiger partial charge in [-0.1, -0.05) is 53.2 Å². The normalized spacial score (nSPS) is 11.4. The summed E-state index contributed by atoms with van der Waals surface area (Å²) in [5.41, 5.74) is 2.34. The van der Waals surface area contributed by atoms with Gasteiger partial charge in [0.25, 0.3) is 0 Å². The van der Waals surface area contributed by atoms with Gasteiger partial charge in [-0.05, 0) is 10.7 Å². The van der Waals surface area contributed by atoms with E-state index in [2.05, 4.69) is 29.4 Å². The van der Waals surface area contributed by atoms with Crippen LogP contribution in [0, 0.1) is 0 Å². The number of para-hydroxylation sites is 1. The molecule has 2 aromatic carbocycles. The molecule has 0 aliphatic heterocycles. The molecule has 0 radical (unpaired) electrons. The molecule has 80 valence electrons. The second-order valence-corrected chi connectivity index (χ2v) is 3.64. The first-order valence-electron chi connectivity index (χ1n) is 5.36. The summed E-state index contributed by atoms with van der Waals surface area (Å²) in [4.78, 5) is 0. The van der Waals surface area contributed by atoms with Crippen LogP contribution >= 0.6 is 0 Å². The van der Waals surface area contributed by atoms with Crippen molar-refractivity contribution in [3.8, 4) is 0 Å². The highest BCUT2D eigenvalue weighted by Crippen LogP contribution is 2.10. The van der Waals surface area contributed by atoms with Gasteiger partial charge in [-0.25, -0.2) is 0 Å². The summed E-state index contributed by atoms with van der Waals surface area (Å²) in [6.07, 6.45) is 0. The third-order valence-corrected chi connectivity index (χ3v) is 2.44. The molecule has 0 aromatic heterocycles. The molecule has 0 N–H and O–H groups in total. The van der Waals surface area contributed by atoms with E-state index in [-0.39, 0.29) is 0 Å². The van der Waals surface area contributed by atoms with Gasteiger partial charge in [0.05, 0.1) is 0 Å². The topological polar surface area (TPSA) is 15.4 Å². The Balaban J connectivity index is 2.09. The first-order valence-corrected chi connectivity index (χ1v) is 5.36. The summed E-state index contributed by atoms with van der Waals surface area (Å²) in [5.74, 6) is 0. The molecule has 0 heterocycles. The molecule has 2 heteroatoms. The molecule has 0 aliphatic rings. The van der Waals surface area contributed by atoms with Crippen molar-refractivity contribution in [3.63, 3.8) is 0 Å². The number of nitrogens with zero attached hydrogens (tertiary/aromatic N) is 2. The summed E-state index contributed by atoms with van der Waals surface area (Å²) >= 11 is 0. The molecule has 0 atom stereocenters. The zero-order valence-corrected chi connectivity index (χ0v) is 9.38. The van der Waals surface area contributed by atoms with Gasteiger partial charge in [0.2, 0.25) is 5.69 Å². The van der Waals surface area contributed by atoms with Crippen LogP contribution < -0.4 is 0 Å². The van der Waals surface area contributed by atoms with Crippen LogP contribution in [0.2, 0.25) is 0 Å². The Kier molecular flexibility index (Phi) is 3.44. The third-order valence-electron chi connectivity index (χ3n) is 2.44. The zero-order chi connectivity index (χ0) is 11.2. The summed E-state index contributed by atoms with van der Waals surface area (Å²) in [6, 6.07) is 20.4. The van der Waals surface area contributed by atoms with Crippen LogP contribution in [0.25, 0.3) is 0 Å². The minimum atomic E-state index is 0.715. The lowest BCUT2D eigenvalue weighted by Crippen LogP contribution is -1.94. The summed E-state index contributed by atoms with van der Waals surface area (Å²) in [6.45, 7) is 0.715. The molecule has 2 aromatic rings. The van der Waals surface area contributed by atoms with E-state index in [1.165, 1.54) is 5.56 Å². The molecule has 0 bridgehead atoms. The van der Waals surface area contributed by atoms with E-state index in [4.69, 9.17) is 0 Å². The van der Waals surface area contributed by atoms with E-state index >= 15 is 0 Å². The maximum Gasteiger partial charge on any atom is 0.231 e. The number of hydrogen-bond acceptors (Lipinski definition) is 1. The molecule has 0 unspecified atom stereocenters. The highest BCUT2D eigenvalue weighted by atomic mass is 15.2. The SMILES string of the molecule is C[N+](=NCc1ccccc1)c1ccccc1. The summed E-state index contributed by atoms with van der Waals surface area (Å²) in [7, 11) is 1.97. The maximum absolute atomic E-state index is 4.50. The first kappa shape index (κ1) is 10.6. The van der Waals surface area contributed by atoms with Crippen molar-refractivity contribution < 1.29 is 4.70 Å². The quantitative estimate of drug-likeness (QED) is 0.544. The molecule has 16 heavy (non-hydrogen) atoms. The van der Waals surface area contributed by atoms with Crippen LogP contribution in [0.3, 0.4) is 0 Å². The van der Waals surface area contributed by atoms with Gasteiger partial charge in [-0.2, -0.15) is 0 Å². The Labute approximate surface area is 95.9 Å². The van der Waals surface area contributed by atoms with Crippen LogP contribution in [-0.4, -0.2) is 11.7 Å². The van der Waals surface area contributed by atoms with E-state index in [1.54, 1.807) is 0 Å². The lowest BCUT2D eigenvalue weighted by Gasteiger charge is -1.94. The highest BCUT2D eigenvalue weighted by molar-refractivity contribution is 5.27. The number of benzene rings is 2. The monoisotopic (exact) mass is 211 g/mol.